The van der Waals surface area contributed by atoms with Crippen LogP contribution in [0.25, 0.3) is 0 Å². The van der Waals surface area contributed by atoms with Gasteiger partial charge in [-0.1, -0.05) is 22.0 Å². The van der Waals surface area contributed by atoms with Crippen molar-refractivity contribution in [3.05, 3.63) is 51.4 Å². The van der Waals surface area contributed by atoms with E-state index >= 15 is 0 Å². The first-order valence-electron chi connectivity index (χ1n) is 6.19. The van der Waals surface area contributed by atoms with Crippen LogP contribution in [-0.4, -0.2) is 19.3 Å². The van der Waals surface area contributed by atoms with Crippen molar-refractivity contribution < 1.29 is 0 Å². The van der Waals surface area contributed by atoms with E-state index < -0.39 is 0 Å². The van der Waals surface area contributed by atoms with Crippen LogP contribution >= 0.6 is 43.6 Å². The number of hydrogen-bond donors (Lipinski definition) is 2. The molecule has 21 heavy (non-hydrogen) atoms. The zero-order chi connectivity index (χ0) is 15.4. The lowest BCUT2D eigenvalue weighted by Gasteiger charge is -2.22. The van der Waals surface area contributed by atoms with Crippen LogP contribution in [0, 0.1) is 5.41 Å². The Morgan fingerprint density at radius 3 is 2.67 bits per heavy atom. The summed E-state index contributed by atoms with van der Waals surface area (Å²) in [7, 11) is 1.88. The molecule has 0 fully saturated rings. The molecule has 0 heterocycles. The highest BCUT2D eigenvalue weighted by atomic mass is 79.9. The molecule has 0 saturated carbocycles. The first-order valence-corrected chi connectivity index (χ1v) is 9.00. The van der Waals surface area contributed by atoms with Gasteiger partial charge in [-0.05, 0) is 58.6 Å². The van der Waals surface area contributed by atoms with Gasteiger partial charge in [0.2, 0.25) is 0 Å². The van der Waals surface area contributed by atoms with Gasteiger partial charge in [-0.2, -0.15) is 0 Å². The quantitative estimate of drug-likeness (QED) is 0.389. The minimum Gasteiger partial charge on any atom is -0.325 e. The average Bonchev–Trinajstić information content (AvgIpc) is 2.50. The zero-order valence-corrected chi connectivity index (χ0v) is 15.6. The normalized spacial score (nSPS) is 10.3. The summed E-state index contributed by atoms with van der Waals surface area (Å²) < 4.78 is 1.88. The van der Waals surface area contributed by atoms with Crippen LogP contribution < -0.4 is 10.2 Å². The van der Waals surface area contributed by atoms with E-state index in [0.29, 0.717) is 5.96 Å². The molecule has 0 bridgehead atoms. The van der Waals surface area contributed by atoms with Gasteiger partial charge in [-0.15, -0.1) is 11.8 Å². The third kappa shape index (κ3) is 4.25. The summed E-state index contributed by atoms with van der Waals surface area (Å²) >= 11 is 8.61. The van der Waals surface area contributed by atoms with Crippen LogP contribution in [0.15, 0.2) is 56.3 Å². The number of thioether (sulfide) groups is 1. The summed E-state index contributed by atoms with van der Waals surface area (Å²) in [4.78, 5) is 2.99. The van der Waals surface area contributed by atoms with Gasteiger partial charge in [0.15, 0.2) is 5.96 Å². The Balaban J connectivity index is 2.17. The van der Waals surface area contributed by atoms with Crippen LogP contribution in [-0.2, 0) is 0 Å². The van der Waals surface area contributed by atoms with Gasteiger partial charge in [-0.3, -0.25) is 5.41 Å². The van der Waals surface area contributed by atoms with Crippen molar-refractivity contribution >= 4 is 61.0 Å². The molecule has 0 aliphatic carbocycles. The Labute approximate surface area is 145 Å². The topological polar surface area (TPSA) is 39.1 Å². The second-order valence-electron chi connectivity index (χ2n) is 4.36. The van der Waals surface area contributed by atoms with Gasteiger partial charge in [-0.25, -0.2) is 0 Å². The SMILES string of the molecule is CSc1cccc(N(C)C(=N)Nc2cc(Br)ccc2Br)c1. The van der Waals surface area contributed by atoms with E-state index in [1.807, 2.05) is 48.5 Å². The molecule has 3 nitrogen and oxygen atoms in total. The number of nitrogens with zero attached hydrogens (tertiary/aromatic N) is 1. The highest BCUT2D eigenvalue weighted by Gasteiger charge is 2.10. The van der Waals surface area contributed by atoms with Crippen molar-refractivity contribution in [3.63, 3.8) is 0 Å². The number of halogens is 2. The number of nitrogens with one attached hydrogen (secondary N) is 2. The summed E-state index contributed by atoms with van der Waals surface area (Å²) in [6.45, 7) is 0. The van der Waals surface area contributed by atoms with E-state index in [-0.39, 0.29) is 0 Å². The van der Waals surface area contributed by atoms with Gasteiger partial charge in [0.1, 0.15) is 0 Å². The first kappa shape index (κ1) is 16.4. The summed E-state index contributed by atoms with van der Waals surface area (Å²) in [5.74, 6) is 0.312. The smallest absolute Gasteiger partial charge is 0.199 e. The second kappa shape index (κ2) is 7.33. The van der Waals surface area contributed by atoms with Crippen molar-refractivity contribution in [2.75, 3.05) is 23.5 Å². The fraction of sp³-hybridized carbons (Fsp3) is 0.133. The molecule has 2 N–H and O–H groups in total. The number of benzene rings is 2. The van der Waals surface area contributed by atoms with Gasteiger partial charge < -0.3 is 10.2 Å². The number of anilines is 2. The van der Waals surface area contributed by atoms with Crippen molar-refractivity contribution in [1.29, 1.82) is 5.41 Å². The highest BCUT2D eigenvalue weighted by molar-refractivity contribution is 9.11. The van der Waals surface area contributed by atoms with Crippen LogP contribution in [0.3, 0.4) is 0 Å². The Hall–Kier alpha value is -0.980. The first-order chi connectivity index (χ1) is 10.0. The fourth-order valence-corrected chi connectivity index (χ4v) is 2.91. The molecule has 0 atom stereocenters. The predicted octanol–water partition coefficient (Wildman–Crippen LogP) is 5.42. The monoisotopic (exact) mass is 427 g/mol. The van der Waals surface area contributed by atoms with Crippen LogP contribution in [0.5, 0.6) is 0 Å². The van der Waals surface area contributed by atoms with E-state index in [2.05, 4.69) is 49.3 Å². The number of guanidine groups is 1. The summed E-state index contributed by atoms with van der Waals surface area (Å²) in [6.07, 6.45) is 2.04. The molecular weight excluding hydrogens is 414 g/mol. The van der Waals surface area contributed by atoms with Crippen molar-refractivity contribution in [1.82, 2.24) is 0 Å². The highest BCUT2D eigenvalue weighted by Crippen LogP contribution is 2.27. The Kier molecular flexibility index (Phi) is 5.72. The Bertz CT molecular complexity index is 661. The van der Waals surface area contributed by atoms with E-state index in [0.717, 1.165) is 20.3 Å². The Morgan fingerprint density at radius 1 is 1.19 bits per heavy atom. The molecule has 0 aromatic heterocycles. The number of rotatable bonds is 3. The van der Waals surface area contributed by atoms with E-state index in [1.165, 1.54) is 4.90 Å². The minimum absolute atomic E-state index is 0.312. The van der Waals surface area contributed by atoms with E-state index in [9.17, 15) is 0 Å². The van der Waals surface area contributed by atoms with Gasteiger partial charge in [0, 0.05) is 26.6 Å². The van der Waals surface area contributed by atoms with Crippen LogP contribution in [0.2, 0.25) is 0 Å². The molecule has 2 aromatic rings. The van der Waals surface area contributed by atoms with Crippen molar-refractivity contribution in [2.45, 2.75) is 4.90 Å². The van der Waals surface area contributed by atoms with E-state index in [1.54, 1.807) is 11.8 Å². The minimum atomic E-state index is 0.312. The lowest BCUT2D eigenvalue weighted by Crippen LogP contribution is -2.32. The third-order valence-corrected chi connectivity index (χ3v) is 4.87. The summed E-state index contributed by atoms with van der Waals surface area (Å²) in [5.41, 5.74) is 1.83. The predicted molar refractivity (Wildman–Crippen MR) is 99.8 cm³/mol. The molecule has 0 aliphatic heterocycles. The maximum atomic E-state index is 8.24. The molecule has 0 aliphatic rings. The zero-order valence-electron chi connectivity index (χ0n) is 11.7. The van der Waals surface area contributed by atoms with Crippen molar-refractivity contribution in [3.8, 4) is 0 Å². The van der Waals surface area contributed by atoms with Crippen LogP contribution in [0.4, 0.5) is 11.4 Å². The van der Waals surface area contributed by atoms with E-state index in [4.69, 9.17) is 5.41 Å². The Morgan fingerprint density at radius 2 is 1.95 bits per heavy atom. The molecule has 0 unspecified atom stereocenters. The van der Waals surface area contributed by atoms with Gasteiger partial charge >= 0.3 is 0 Å². The molecular formula is C15H15Br2N3S. The van der Waals surface area contributed by atoms with Crippen molar-refractivity contribution in [2.24, 2.45) is 0 Å². The van der Waals surface area contributed by atoms with Gasteiger partial charge in [0.05, 0.1) is 5.69 Å². The second-order valence-corrected chi connectivity index (χ2v) is 7.01. The third-order valence-electron chi connectivity index (χ3n) is 2.96. The van der Waals surface area contributed by atoms with Gasteiger partial charge in [0.25, 0.3) is 0 Å². The molecule has 0 spiro atoms. The summed E-state index contributed by atoms with van der Waals surface area (Å²) in [5, 5.41) is 11.3. The standard InChI is InChI=1S/C15H15Br2N3S/c1-20(11-4-3-5-12(9-11)21-2)15(18)19-14-8-10(16)6-7-13(14)17/h3-9H,1-2H3,(H2,18,19). The number of hydrogen-bond acceptors (Lipinski definition) is 2. The van der Waals surface area contributed by atoms with Crippen LogP contribution in [0.1, 0.15) is 0 Å². The molecule has 2 rings (SSSR count). The lowest BCUT2D eigenvalue weighted by atomic mass is 10.3. The maximum absolute atomic E-state index is 8.24. The summed E-state index contributed by atoms with van der Waals surface area (Å²) in [6, 6.07) is 13.9. The molecule has 0 radical (unpaired) electrons. The average molecular weight is 429 g/mol. The molecule has 110 valence electrons. The molecule has 0 saturated heterocycles. The molecule has 2 aromatic carbocycles. The maximum Gasteiger partial charge on any atom is 0.199 e. The molecule has 0 amide bonds. The fourth-order valence-electron chi connectivity index (χ4n) is 1.75. The lowest BCUT2D eigenvalue weighted by molar-refractivity contribution is 1.20. The molecule has 6 heteroatoms. The largest absolute Gasteiger partial charge is 0.325 e.